The summed E-state index contributed by atoms with van der Waals surface area (Å²) in [5.41, 5.74) is -0.0440. The van der Waals surface area contributed by atoms with Gasteiger partial charge in [0.1, 0.15) is 11.4 Å². The van der Waals surface area contributed by atoms with Gasteiger partial charge in [-0.15, -0.1) is 0 Å². The minimum absolute atomic E-state index is 0.176. The predicted octanol–water partition coefficient (Wildman–Crippen LogP) is 0.252. The van der Waals surface area contributed by atoms with Gasteiger partial charge in [0.05, 0.1) is 11.7 Å². The normalized spacial score (nSPS) is 10.7. The Hall–Kier alpha value is -1.33. The fourth-order valence-corrected chi connectivity index (χ4v) is 1.27. The van der Waals surface area contributed by atoms with Gasteiger partial charge in [-0.1, -0.05) is 0 Å². The van der Waals surface area contributed by atoms with Gasteiger partial charge < -0.3 is 14.5 Å². The molecule has 0 aliphatic rings. The average Bonchev–Trinajstić information content (AvgIpc) is 2.50. The monoisotopic (exact) mass is 180 g/mol. The Balaban J connectivity index is 2.80. The Morgan fingerprint density at radius 1 is 1.23 bits per heavy atom. The molecule has 0 spiro atoms. The van der Waals surface area contributed by atoms with Gasteiger partial charge >= 0.3 is 7.12 Å². The lowest BCUT2D eigenvalue weighted by Gasteiger charge is -2.01. The number of rotatable bonds is 1. The lowest BCUT2D eigenvalue weighted by molar-refractivity contribution is 0.422. The molecule has 0 radical (unpaired) electrons. The molecule has 0 saturated carbocycles. The molecule has 1 aromatic carbocycles. The molecule has 0 aliphatic carbocycles. The van der Waals surface area contributed by atoms with Crippen molar-refractivity contribution in [3.63, 3.8) is 0 Å². The van der Waals surface area contributed by atoms with E-state index in [0.717, 1.165) is 0 Å². The summed E-state index contributed by atoms with van der Waals surface area (Å²) in [5.74, 6) is -0.683. The fraction of sp³-hybridized carbons (Fsp3) is 0. The lowest BCUT2D eigenvalue weighted by atomic mass is 9.79. The van der Waals surface area contributed by atoms with Crippen LogP contribution in [0.3, 0.4) is 0 Å². The first-order valence-electron chi connectivity index (χ1n) is 3.72. The van der Waals surface area contributed by atoms with E-state index in [1.165, 1.54) is 18.4 Å². The molecule has 66 valence electrons. The number of furan rings is 1. The molecule has 2 N–H and O–H groups in total. The highest BCUT2D eigenvalue weighted by atomic mass is 19.1. The summed E-state index contributed by atoms with van der Waals surface area (Å²) in [6.45, 7) is 0. The summed E-state index contributed by atoms with van der Waals surface area (Å²) in [6, 6.07) is 4.31. The number of hydrogen-bond acceptors (Lipinski definition) is 3. The molecule has 5 heteroatoms. The molecule has 1 aromatic heterocycles. The van der Waals surface area contributed by atoms with Crippen LogP contribution in [0.25, 0.3) is 11.0 Å². The summed E-state index contributed by atoms with van der Waals surface area (Å²) in [6.07, 6.45) is 1.37. The number of benzene rings is 1. The van der Waals surface area contributed by atoms with Gasteiger partial charge in [-0.3, -0.25) is 0 Å². The SMILES string of the molecule is OB(O)c1c(F)ccc2ccoc12. The minimum atomic E-state index is -1.85. The number of fused-ring (bicyclic) bond motifs is 1. The van der Waals surface area contributed by atoms with E-state index in [4.69, 9.17) is 14.5 Å². The van der Waals surface area contributed by atoms with Gasteiger partial charge in [0.2, 0.25) is 0 Å². The van der Waals surface area contributed by atoms with Crippen molar-refractivity contribution in [2.45, 2.75) is 0 Å². The molecule has 0 amide bonds. The Bertz CT molecular complexity index is 438. The zero-order valence-electron chi connectivity index (χ0n) is 6.57. The first kappa shape index (κ1) is 8.28. The molecule has 1 heterocycles. The highest BCUT2D eigenvalue weighted by Crippen LogP contribution is 2.14. The van der Waals surface area contributed by atoms with E-state index in [0.29, 0.717) is 5.39 Å². The van der Waals surface area contributed by atoms with Crippen molar-refractivity contribution in [1.29, 1.82) is 0 Å². The molecule has 2 rings (SSSR count). The van der Waals surface area contributed by atoms with Crippen LogP contribution in [-0.4, -0.2) is 17.2 Å². The van der Waals surface area contributed by atoms with Gasteiger partial charge in [0.25, 0.3) is 0 Å². The molecule has 2 aromatic rings. The van der Waals surface area contributed by atoms with Crippen LogP contribution in [0.4, 0.5) is 4.39 Å². The molecule has 0 fully saturated rings. The topological polar surface area (TPSA) is 53.6 Å². The van der Waals surface area contributed by atoms with Crippen LogP contribution in [0, 0.1) is 5.82 Å². The molecular weight excluding hydrogens is 174 g/mol. The molecule has 3 nitrogen and oxygen atoms in total. The van der Waals surface area contributed by atoms with Crippen LogP contribution in [0.2, 0.25) is 0 Å². The van der Waals surface area contributed by atoms with Crippen molar-refractivity contribution < 1.29 is 18.9 Å². The van der Waals surface area contributed by atoms with Crippen LogP contribution in [0.1, 0.15) is 0 Å². The highest BCUT2D eigenvalue weighted by molar-refractivity contribution is 6.61. The van der Waals surface area contributed by atoms with Crippen molar-refractivity contribution >= 4 is 23.6 Å². The first-order chi connectivity index (χ1) is 6.20. The number of halogens is 1. The van der Waals surface area contributed by atoms with Gasteiger partial charge in [-0.25, -0.2) is 4.39 Å². The Morgan fingerprint density at radius 3 is 2.69 bits per heavy atom. The second-order valence-corrected chi connectivity index (χ2v) is 2.67. The predicted molar refractivity (Wildman–Crippen MR) is 46.0 cm³/mol. The minimum Gasteiger partial charge on any atom is -0.465 e. The van der Waals surface area contributed by atoms with Gasteiger partial charge in [0, 0.05) is 5.39 Å². The molecule has 0 atom stereocenters. The molecule has 13 heavy (non-hydrogen) atoms. The average molecular weight is 180 g/mol. The number of hydrogen-bond donors (Lipinski definition) is 2. The van der Waals surface area contributed by atoms with Crippen molar-refractivity contribution in [3.05, 3.63) is 30.3 Å². The second kappa shape index (κ2) is 2.87. The molecule has 0 saturated heterocycles. The van der Waals surface area contributed by atoms with E-state index in [1.807, 2.05) is 0 Å². The Labute approximate surface area is 73.6 Å². The maximum absolute atomic E-state index is 13.1. The standard InChI is InChI=1S/C8H6BFO3/c10-6-2-1-5-3-4-13-8(5)7(6)9(11)12/h1-4,11-12H. The third-order valence-electron chi connectivity index (χ3n) is 1.87. The van der Waals surface area contributed by atoms with Crippen molar-refractivity contribution in [2.24, 2.45) is 0 Å². The van der Waals surface area contributed by atoms with Crippen molar-refractivity contribution in [2.75, 3.05) is 0 Å². The Kier molecular flexibility index (Phi) is 1.83. The lowest BCUT2D eigenvalue weighted by Crippen LogP contribution is -2.33. The van der Waals surface area contributed by atoms with E-state index in [2.05, 4.69) is 0 Å². The van der Waals surface area contributed by atoms with E-state index in [1.54, 1.807) is 6.07 Å². The van der Waals surface area contributed by atoms with E-state index < -0.39 is 12.9 Å². The van der Waals surface area contributed by atoms with Gasteiger partial charge in [-0.2, -0.15) is 0 Å². The zero-order valence-corrected chi connectivity index (χ0v) is 6.57. The highest BCUT2D eigenvalue weighted by Gasteiger charge is 2.21. The maximum Gasteiger partial charge on any atom is 0.495 e. The summed E-state index contributed by atoms with van der Waals surface area (Å²) in [5, 5.41) is 18.4. The molecular formula is C8H6BFO3. The summed E-state index contributed by atoms with van der Waals surface area (Å²) >= 11 is 0. The smallest absolute Gasteiger partial charge is 0.465 e. The quantitative estimate of drug-likeness (QED) is 0.618. The summed E-state index contributed by atoms with van der Waals surface area (Å²) < 4.78 is 18.0. The van der Waals surface area contributed by atoms with Crippen LogP contribution < -0.4 is 5.46 Å². The largest absolute Gasteiger partial charge is 0.495 e. The zero-order chi connectivity index (χ0) is 9.42. The molecule has 0 unspecified atom stereocenters. The van der Waals surface area contributed by atoms with E-state index in [9.17, 15) is 4.39 Å². The first-order valence-corrected chi connectivity index (χ1v) is 3.72. The van der Waals surface area contributed by atoms with Gasteiger partial charge in [-0.05, 0) is 18.2 Å². The summed E-state index contributed by atoms with van der Waals surface area (Å²) in [7, 11) is -1.85. The van der Waals surface area contributed by atoms with Gasteiger partial charge in [0.15, 0.2) is 0 Å². The van der Waals surface area contributed by atoms with E-state index >= 15 is 0 Å². The Morgan fingerprint density at radius 2 is 2.00 bits per heavy atom. The fourth-order valence-electron chi connectivity index (χ4n) is 1.27. The van der Waals surface area contributed by atoms with Crippen LogP contribution in [0.15, 0.2) is 28.9 Å². The van der Waals surface area contributed by atoms with Crippen LogP contribution in [0.5, 0.6) is 0 Å². The third-order valence-corrected chi connectivity index (χ3v) is 1.87. The molecule has 0 aliphatic heterocycles. The van der Waals surface area contributed by atoms with Crippen LogP contribution >= 0.6 is 0 Å². The maximum atomic E-state index is 13.1. The molecule has 0 bridgehead atoms. The van der Waals surface area contributed by atoms with Crippen molar-refractivity contribution in [3.8, 4) is 0 Å². The van der Waals surface area contributed by atoms with Crippen LogP contribution in [-0.2, 0) is 0 Å². The third kappa shape index (κ3) is 1.22. The van der Waals surface area contributed by atoms with Crippen molar-refractivity contribution in [1.82, 2.24) is 0 Å². The summed E-state index contributed by atoms with van der Waals surface area (Å²) in [4.78, 5) is 0. The second-order valence-electron chi connectivity index (χ2n) is 2.67. The van der Waals surface area contributed by atoms with E-state index in [-0.39, 0.29) is 11.0 Å².